The summed E-state index contributed by atoms with van der Waals surface area (Å²) in [7, 11) is 0. The van der Waals surface area contributed by atoms with E-state index in [2.05, 4.69) is 32.9 Å². The first-order chi connectivity index (χ1) is 18.5. The van der Waals surface area contributed by atoms with Gasteiger partial charge in [-0.15, -0.1) is 23.2 Å². The van der Waals surface area contributed by atoms with Gasteiger partial charge in [-0.3, -0.25) is 0 Å². The third kappa shape index (κ3) is 13.5. The van der Waals surface area contributed by atoms with Crippen molar-refractivity contribution in [1.82, 2.24) is 0 Å². The number of rotatable bonds is 7. The minimum absolute atomic E-state index is 0.571. The molecule has 0 heterocycles. The quantitative estimate of drug-likeness (QED) is 0.205. The zero-order valence-corrected chi connectivity index (χ0v) is 23.4. The van der Waals surface area contributed by atoms with Crippen molar-refractivity contribution in [2.24, 2.45) is 0 Å². The van der Waals surface area contributed by atoms with E-state index in [4.69, 9.17) is 23.2 Å². The lowest BCUT2D eigenvalue weighted by atomic mass is 10.1. The lowest BCUT2D eigenvalue weighted by Gasteiger charge is -1.95. The average Bonchev–Trinajstić information content (AvgIpc) is 3.02. The monoisotopic (exact) mass is 538 g/mol. The van der Waals surface area contributed by atoms with Crippen LogP contribution in [0.1, 0.15) is 38.9 Å². The van der Waals surface area contributed by atoms with Crippen molar-refractivity contribution < 1.29 is 0 Å². The van der Waals surface area contributed by atoms with E-state index in [0.29, 0.717) is 11.8 Å². The first-order valence-electron chi connectivity index (χ1n) is 12.1. The van der Waals surface area contributed by atoms with Crippen LogP contribution in [0.25, 0.3) is 30.4 Å². The predicted molar refractivity (Wildman–Crippen MR) is 175 cm³/mol. The summed E-state index contributed by atoms with van der Waals surface area (Å²) in [6.07, 6.45) is 9.12. The van der Waals surface area contributed by atoms with Gasteiger partial charge in [0, 0.05) is 11.8 Å². The Balaban J connectivity index is 0.000000254. The molecule has 0 N–H and O–H groups in total. The lowest BCUT2D eigenvalue weighted by Crippen LogP contribution is -1.77. The highest BCUT2D eigenvalue weighted by Gasteiger charge is 1.89. The molecule has 4 rings (SSSR count). The van der Waals surface area contributed by atoms with Crippen LogP contribution in [-0.4, -0.2) is 0 Å². The third-order valence-electron chi connectivity index (χ3n) is 5.15. The maximum absolute atomic E-state index is 5.62. The standard InChI is InChI=1S/C10H10.2C9H9Cl.C8H8/c1-3-9-5-7-10(4-2)8-6-9;1-2-8-3-5-9(7-10)6-4-8;1-2-8-4-3-5-9(6-8)7-10;1-2-8-6-4-3-5-7-8/h3-8H,1-2H2;2*2-6H,1,7H2;2-7H,1H2. The fourth-order valence-corrected chi connectivity index (χ4v) is 3.25. The topological polar surface area (TPSA) is 0 Å². The summed E-state index contributed by atoms with van der Waals surface area (Å²) in [5, 5.41) is 0. The van der Waals surface area contributed by atoms with Crippen molar-refractivity contribution >= 4 is 53.6 Å². The number of hydrogen-bond acceptors (Lipinski definition) is 0. The molecule has 0 saturated carbocycles. The molecule has 194 valence electrons. The molecule has 4 aromatic rings. The molecule has 0 bridgehead atoms. The van der Waals surface area contributed by atoms with Crippen LogP contribution < -0.4 is 0 Å². The van der Waals surface area contributed by atoms with Crippen LogP contribution in [0.5, 0.6) is 0 Å². The molecule has 0 fully saturated rings. The summed E-state index contributed by atoms with van der Waals surface area (Å²) in [6.45, 7) is 18.3. The van der Waals surface area contributed by atoms with Crippen LogP contribution in [0.15, 0.2) is 136 Å². The molecule has 0 saturated heterocycles. The van der Waals surface area contributed by atoms with Crippen LogP contribution >= 0.6 is 23.2 Å². The molecule has 0 aliphatic heterocycles. The van der Waals surface area contributed by atoms with E-state index in [1.165, 1.54) is 5.56 Å². The molecule has 0 aliphatic carbocycles. The van der Waals surface area contributed by atoms with Gasteiger partial charge in [0.15, 0.2) is 0 Å². The second-order valence-electron chi connectivity index (χ2n) is 7.85. The van der Waals surface area contributed by atoms with Gasteiger partial charge in [0.05, 0.1) is 0 Å². The fraction of sp³-hybridized carbons (Fsp3) is 0.0556. The Kier molecular flexibility index (Phi) is 17.1. The van der Waals surface area contributed by atoms with Crippen molar-refractivity contribution in [3.8, 4) is 0 Å². The van der Waals surface area contributed by atoms with Crippen LogP contribution in [0.2, 0.25) is 0 Å². The number of alkyl halides is 2. The second kappa shape index (κ2) is 20.2. The van der Waals surface area contributed by atoms with Gasteiger partial charge in [-0.25, -0.2) is 0 Å². The fourth-order valence-electron chi connectivity index (χ4n) is 2.90. The Hall–Kier alpha value is -3.84. The Morgan fingerprint density at radius 1 is 0.395 bits per heavy atom. The van der Waals surface area contributed by atoms with Gasteiger partial charge in [-0.2, -0.15) is 0 Å². The molecule has 38 heavy (non-hydrogen) atoms. The van der Waals surface area contributed by atoms with E-state index in [1.54, 1.807) is 0 Å². The minimum Gasteiger partial charge on any atom is -0.122 e. The van der Waals surface area contributed by atoms with Crippen LogP contribution in [0.4, 0.5) is 0 Å². The molecule has 2 heteroatoms. The smallest absolute Gasteiger partial charge is 0.0474 e. The molecule has 0 aromatic heterocycles. The summed E-state index contributed by atoms with van der Waals surface area (Å²) >= 11 is 11.2. The van der Waals surface area contributed by atoms with Crippen LogP contribution in [0.3, 0.4) is 0 Å². The van der Waals surface area contributed by atoms with Crippen LogP contribution in [0, 0.1) is 0 Å². The Morgan fingerprint density at radius 3 is 1.13 bits per heavy atom. The number of halogens is 2. The summed E-state index contributed by atoms with van der Waals surface area (Å²) in [4.78, 5) is 0. The summed E-state index contributed by atoms with van der Waals surface area (Å²) in [5.41, 5.74) is 8.00. The Bertz CT molecular complexity index is 1210. The van der Waals surface area contributed by atoms with Crippen LogP contribution in [-0.2, 0) is 11.8 Å². The van der Waals surface area contributed by atoms with E-state index in [0.717, 1.165) is 33.4 Å². The maximum Gasteiger partial charge on any atom is 0.0474 e. The van der Waals surface area contributed by atoms with Gasteiger partial charge in [-0.1, -0.05) is 166 Å². The highest BCUT2D eigenvalue weighted by atomic mass is 35.5. The first-order valence-corrected chi connectivity index (χ1v) is 13.2. The normalized spacial score (nSPS) is 9.00. The Labute approximate surface area is 239 Å². The summed E-state index contributed by atoms with van der Waals surface area (Å²) < 4.78 is 0. The van der Waals surface area contributed by atoms with Crippen molar-refractivity contribution in [3.05, 3.63) is 175 Å². The second-order valence-corrected chi connectivity index (χ2v) is 8.39. The van der Waals surface area contributed by atoms with Gasteiger partial charge < -0.3 is 0 Å². The van der Waals surface area contributed by atoms with Gasteiger partial charge >= 0.3 is 0 Å². The zero-order chi connectivity index (χ0) is 28.0. The molecule has 0 spiro atoms. The molecule has 0 nitrogen and oxygen atoms in total. The zero-order valence-electron chi connectivity index (χ0n) is 21.9. The number of hydrogen-bond donors (Lipinski definition) is 0. The Morgan fingerprint density at radius 2 is 0.763 bits per heavy atom. The highest BCUT2D eigenvalue weighted by molar-refractivity contribution is 6.17. The molecule has 0 unspecified atom stereocenters. The average molecular weight is 540 g/mol. The molecular weight excluding hydrogens is 503 g/mol. The van der Waals surface area contributed by atoms with Crippen molar-refractivity contribution in [2.45, 2.75) is 11.8 Å². The molecule has 0 amide bonds. The number of benzene rings is 4. The summed E-state index contributed by atoms with van der Waals surface area (Å²) in [5.74, 6) is 1.15. The van der Waals surface area contributed by atoms with E-state index in [-0.39, 0.29) is 0 Å². The lowest BCUT2D eigenvalue weighted by molar-refractivity contribution is 1.39. The largest absolute Gasteiger partial charge is 0.122 e. The third-order valence-corrected chi connectivity index (χ3v) is 5.77. The molecule has 4 aromatic carbocycles. The SMILES string of the molecule is C=Cc1ccc(C=C)cc1.C=Cc1ccc(CCl)cc1.C=Cc1cccc(CCl)c1.C=Cc1ccccc1. The van der Waals surface area contributed by atoms with Crippen molar-refractivity contribution in [2.75, 3.05) is 0 Å². The highest BCUT2D eigenvalue weighted by Crippen LogP contribution is 2.09. The van der Waals surface area contributed by atoms with Gasteiger partial charge in [0.2, 0.25) is 0 Å². The van der Waals surface area contributed by atoms with E-state index < -0.39 is 0 Å². The molecule has 0 radical (unpaired) electrons. The minimum atomic E-state index is 0.571. The molecular formula is C36H36Cl2. The molecule has 0 aliphatic rings. The maximum atomic E-state index is 5.62. The van der Waals surface area contributed by atoms with Crippen molar-refractivity contribution in [3.63, 3.8) is 0 Å². The predicted octanol–water partition coefficient (Wildman–Crippen LogP) is 11.4. The van der Waals surface area contributed by atoms with E-state index in [9.17, 15) is 0 Å². The molecule has 0 atom stereocenters. The van der Waals surface area contributed by atoms with Gasteiger partial charge in [0.1, 0.15) is 0 Å². The van der Waals surface area contributed by atoms with Gasteiger partial charge in [-0.05, 0) is 38.9 Å². The van der Waals surface area contributed by atoms with E-state index >= 15 is 0 Å². The first kappa shape index (κ1) is 32.2. The van der Waals surface area contributed by atoms with Crippen molar-refractivity contribution in [1.29, 1.82) is 0 Å². The van der Waals surface area contributed by atoms with Gasteiger partial charge in [0.25, 0.3) is 0 Å². The van der Waals surface area contributed by atoms with E-state index in [1.807, 2.05) is 134 Å². The summed E-state index contributed by atoms with van der Waals surface area (Å²) in [6, 6.07) is 34.1.